The van der Waals surface area contributed by atoms with Crippen LogP contribution in [-0.2, 0) is 6.42 Å². The molecule has 1 aromatic heterocycles. The van der Waals surface area contributed by atoms with Gasteiger partial charge in [-0.05, 0) is 70.0 Å². The van der Waals surface area contributed by atoms with E-state index in [2.05, 4.69) is 39.6 Å². The molecule has 0 radical (unpaired) electrons. The van der Waals surface area contributed by atoms with Crippen molar-refractivity contribution in [3.8, 4) is 0 Å². The molecule has 0 saturated heterocycles. The predicted molar refractivity (Wildman–Crippen MR) is 93.2 cm³/mol. The second-order valence-electron chi connectivity index (χ2n) is 4.64. The van der Waals surface area contributed by atoms with Gasteiger partial charge in [0.15, 0.2) is 0 Å². The molecule has 2 rings (SSSR count). The Hall–Kier alpha value is -0.0600. The van der Waals surface area contributed by atoms with Crippen LogP contribution in [0.3, 0.4) is 0 Å². The van der Waals surface area contributed by atoms with E-state index in [0.717, 1.165) is 23.2 Å². The first kappa shape index (κ1) is 16.3. The molecular formula is C15H16BrCl2NS. The van der Waals surface area contributed by atoms with Crippen LogP contribution in [0.1, 0.15) is 30.5 Å². The third kappa shape index (κ3) is 4.47. The van der Waals surface area contributed by atoms with E-state index in [1.165, 1.54) is 11.1 Å². The Morgan fingerprint density at radius 3 is 2.65 bits per heavy atom. The molecule has 0 aliphatic heterocycles. The van der Waals surface area contributed by atoms with Gasteiger partial charge in [-0.3, -0.25) is 0 Å². The van der Waals surface area contributed by atoms with E-state index in [1.54, 1.807) is 11.3 Å². The van der Waals surface area contributed by atoms with Crippen LogP contribution < -0.4 is 5.32 Å². The molecule has 1 N–H and O–H groups in total. The van der Waals surface area contributed by atoms with Crippen LogP contribution in [0.4, 0.5) is 0 Å². The van der Waals surface area contributed by atoms with Crippen molar-refractivity contribution < 1.29 is 0 Å². The maximum absolute atomic E-state index is 6.09. The molecule has 0 amide bonds. The molecule has 1 aromatic carbocycles. The van der Waals surface area contributed by atoms with Crippen molar-refractivity contribution in [3.63, 3.8) is 0 Å². The van der Waals surface area contributed by atoms with Crippen LogP contribution in [-0.4, -0.2) is 6.54 Å². The lowest BCUT2D eigenvalue weighted by molar-refractivity contribution is 0.530. The standard InChI is InChI=1S/C15H16BrCl2NS/c1-2-5-19-14(11-8-15(16)20-9-11)7-10-3-4-12(17)13(18)6-10/h3-4,6,8-9,14,19H,2,5,7H2,1H3. The summed E-state index contributed by atoms with van der Waals surface area (Å²) in [5.74, 6) is 0. The quantitative estimate of drug-likeness (QED) is 0.625. The normalized spacial score (nSPS) is 12.6. The van der Waals surface area contributed by atoms with Crippen LogP contribution in [0.2, 0.25) is 10.0 Å². The molecule has 1 atom stereocenters. The molecule has 1 unspecified atom stereocenters. The van der Waals surface area contributed by atoms with Gasteiger partial charge in [-0.25, -0.2) is 0 Å². The van der Waals surface area contributed by atoms with Crippen molar-refractivity contribution in [3.05, 3.63) is 54.6 Å². The highest BCUT2D eigenvalue weighted by Gasteiger charge is 2.14. The summed E-state index contributed by atoms with van der Waals surface area (Å²) in [4.78, 5) is 0. The van der Waals surface area contributed by atoms with Gasteiger partial charge in [0.05, 0.1) is 13.8 Å². The van der Waals surface area contributed by atoms with E-state index in [9.17, 15) is 0 Å². The molecule has 1 heterocycles. The fraction of sp³-hybridized carbons (Fsp3) is 0.333. The zero-order chi connectivity index (χ0) is 14.5. The third-order valence-corrected chi connectivity index (χ3v) is 5.32. The van der Waals surface area contributed by atoms with Crippen LogP contribution >= 0.6 is 50.5 Å². The zero-order valence-electron chi connectivity index (χ0n) is 11.1. The number of halogens is 3. The Bertz CT molecular complexity index is 571. The van der Waals surface area contributed by atoms with Crippen molar-refractivity contribution in [2.75, 3.05) is 6.54 Å². The Kier molecular flexibility index (Phi) is 6.37. The lowest BCUT2D eigenvalue weighted by atomic mass is 10.0. The second-order valence-corrected chi connectivity index (χ2v) is 7.75. The molecule has 108 valence electrons. The van der Waals surface area contributed by atoms with E-state index >= 15 is 0 Å². The minimum Gasteiger partial charge on any atom is -0.310 e. The van der Waals surface area contributed by atoms with Crippen molar-refractivity contribution in [2.24, 2.45) is 0 Å². The Morgan fingerprint density at radius 2 is 2.05 bits per heavy atom. The first-order valence-electron chi connectivity index (χ1n) is 6.51. The predicted octanol–water partition coefficient (Wildman–Crippen LogP) is 6.10. The summed E-state index contributed by atoms with van der Waals surface area (Å²) in [6.45, 7) is 3.17. The molecule has 0 bridgehead atoms. The minimum absolute atomic E-state index is 0.301. The average Bonchev–Trinajstić information content (AvgIpc) is 2.85. The van der Waals surface area contributed by atoms with Gasteiger partial charge in [0.25, 0.3) is 0 Å². The van der Waals surface area contributed by atoms with Gasteiger partial charge >= 0.3 is 0 Å². The summed E-state index contributed by atoms with van der Waals surface area (Å²) in [6, 6.07) is 8.33. The SMILES string of the molecule is CCCNC(Cc1ccc(Cl)c(Cl)c1)c1csc(Br)c1. The summed E-state index contributed by atoms with van der Waals surface area (Å²) >= 11 is 17.3. The van der Waals surface area contributed by atoms with Crippen molar-refractivity contribution in [2.45, 2.75) is 25.8 Å². The fourth-order valence-corrected chi connectivity index (χ4v) is 3.59. The van der Waals surface area contributed by atoms with Gasteiger partial charge in [-0.15, -0.1) is 11.3 Å². The summed E-state index contributed by atoms with van der Waals surface area (Å²) in [5, 5.41) is 7.00. The van der Waals surface area contributed by atoms with Crippen molar-refractivity contribution in [1.29, 1.82) is 0 Å². The molecular weight excluding hydrogens is 377 g/mol. The van der Waals surface area contributed by atoms with E-state index < -0.39 is 0 Å². The van der Waals surface area contributed by atoms with Gasteiger partial charge in [0, 0.05) is 6.04 Å². The maximum Gasteiger partial charge on any atom is 0.0701 e. The summed E-state index contributed by atoms with van der Waals surface area (Å²) in [5.41, 5.74) is 2.50. The number of hydrogen-bond acceptors (Lipinski definition) is 2. The molecule has 0 saturated carbocycles. The number of hydrogen-bond donors (Lipinski definition) is 1. The van der Waals surface area contributed by atoms with Gasteiger partial charge in [-0.2, -0.15) is 0 Å². The first-order chi connectivity index (χ1) is 9.60. The van der Waals surface area contributed by atoms with Crippen molar-refractivity contribution >= 4 is 50.5 Å². The van der Waals surface area contributed by atoms with Crippen LogP contribution in [0, 0.1) is 0 Å². The molecule has 0 aliphatic rings. The highest BCUT2D eigenvalue weighted by molar-refractivity contribution is 9.11. The van der Waals surface area contributed by atoms with Crippen molar-refractivity contribution in [1.82, 2.24) is 5.32 Å². The summed E-state index contributed by atoms with van der Waals surface area (Å²) in [7, 11) is 0. The molecule has 2 aromatic rings. The molecule has 20 heavy (non-hydrogen) atoms. The van der Waals surface area contributed by atoms with Gasteiger partial charge in [0.2, 0.25) is 0 Å². The number of thiophene rings is 1. The smallest absolute Gasteiger partial charge is 0.0701 e. The molecule has 1 nitrogen and oxygen atoms in total. The Balaban J connectivity index is 2.16. The highest BCUT2D eigenvalue weighted by atomic mass is 79.9. The third-order valence-electron chi connectivity index (χ3n) is 3.05. The van der Waals surface area contributed by atoms with E-state index in [1.807, 2.05) is 18.2 Å². The molecule has 0 fully saturated rings. The zero-order valence-corrected chi connectivity index (χ0v) is 15.0. The first-order valence-corrected chi connectivity index (χ1v) is 8.94. The number of rotatable bonds is 6. The molecule has 5 heteroatoms. The Labute approximate surface area is 142 Å². The molecule has 0 spiro atoms. The fourth-order valence-electron chi connectivity index (χ4n) is 2.03. The van der Waals surface area contributed by atoms with Crippen LogP contribution in [0.5, 0.6) is 0 Å². The van der Waals surface area contributed by atoms with Gasteiger partial charge in [0.1, 0.15) is 0 Å². The van der Waals surface area contributed by atoms with E-state index in [0.29, 0.717) is 16.1 Å². The van der Waals surface area contributed by atoms with Crippen LogP contribution in [0.15, 0.2) is 33.4 Å². The summed E-state index contributed by atoms with van der Waals surface area (Å²) < 4.78 is 1.16. The second kappa shape index (κ2) is 7.81. The lowest BCUT2D eigenvalue weighted by Crippen LogP contribution is -2.23. The van der Waals surface area contributed by atoms with Gasteiger partial charge < -0.3 is 5.32 Å². The largest absolute Gasteiger partial charge is 0.310 e. The maximum atomic E-state index is 6.09. The highest BCUT2D eigenvalue weighted by Crippen LogP contribution is 2.29. The van der Waals surface area contributed by atoms with Crippen LogP contribution in [0.25, 0.3) is 0 Å². The summed E-state index contributed by atoms with van der Waals surface area (Å²) in [6.07, 6.45) is 2.02. The number of benzene rings is 1. The van der Waals surface area contributed by atoms with E-state index in [-0.39, 0.29) is 0 Å². The van der Waals surface area contributed by atoms with Gasteiger partial charge in [-0.1, -0.05) is 36.2 Å². The number of nitrogens with one attached hydrogen (secondary N) is 1. The topological polar surface area (TPSA) is 12.0 Å². The minimum atomic E-state index is 0.301. The van der Waals surface area contributed by atoms with E-state index in [4.69, 9.17) is 23.2 Å². The monoisotopic (exact) mass is 391 g/mol. The average molecular weight is 393 g/mol. The lowest BCUT2D eigenvalue weighted by Gasteiger charge is -2.18. The Morgan fingerprint density at radius 1 is 1.25 bits per heavy atom. The molecule has 0 aliphatic carbocycles.